The molecule has 0 spiro atoms. The van der Waals surface area contributed by atoms with Crippen LogP contribution in [0.2, 0.25) is 0 Å². The van der Waals surface area contributed by atoms with Crippen molar-refractivity contribution >= 4 is 28.5 Å². The molecule has 0 atom stereocenters. The fraction of sp³-hybridized carbons (Fsp3) is 0.100. The van der Waals surface area contributed by atoms with Gasteiger partial charge in [0.25, 0.3) is 0 Å². The summed E-state index contributed by atoms with van der Waals surface area (Å²) in [5, 5.41) is 0. The van der Waals surface area contributed by atoms with Crippen molar-refractivity contribution in [3.63, 3.8) is 0 Å². The van der Waals surface area contributed by atoms with E-state index in [1.54, 1.807) is 7.11 Å². The molecule has 0 saturated carbocycles. The van der Waals surface area contributed by atoms with Gasteiger partial charge in [0.15, 0.2) is 0 Å². The van der Waals surface area contributed by atoms with Crippen LogP contribution in [0, 0.1) is 6.92 Å². The van der Waals surface area contributed by atoms with Gasteiger partial charge in [0.2, 0.25) is 0 Å². The Bertz CT molecular complexity index is 891. The Kier molecular flexibility index (Phi) is 4.66. The van der Waals surface area contributed by atoms with E-state index in [1.165, 1.54) is 28.3 Å². The Morgan fingerprint density at radius 1 is 0.692 bits per heavy atom. The molecule has 0 fully saturated rings. The van der Waals surface area contributed by atoms with Gasteiger partial charge in [-0.15, -0.1) is 0 Å². The first-order valence-electron chi connectivity index (χ1n) is 8.20. The Morgan fingerprint density at radius 3 is 1.73 bits per heavy atom. The fourth-order valence-corrected chi connectivity index (χ4v) is 11.9. The van der Waals surface area contributed by atoms with Crippen molar-refractivity contribution in [2.24, 2.45) is 0 Å². The molecule has 0 N–H and O–H groups in total. The molecule has 3 nitrogen and oxygen atoms in total. The minimum absolute atomic E-state index is 0.718. The summed E-state index contributed by atoms with van der Waals surface area (Å²) < 4.78 is 19.1. The second kappa shape index (κ2) is 6.82. The van der Waals surface area contributed by atoms with Crippen molar-refractivity contribution in [3.8, 4) is 11.5 Å². The van der Waals surface area contributed by atoms with E-state index < -0.39 is 5.69 Å². The zero-order valence-corrected chi connectivity index (χ0v) is 17.0. The zero-order valence-electron chi connectivity index (χ0n) is 14.5. The van der Waals surface area contributed by atoms with Crippen molar-refractivity contribution in [1.82, 2.24) is 0 Å². The molecule has 1 aliphatic heterocycles. The number of fused-ring (bicyclic) bond motifs is 1. The molecule has 0 radical (unpaired) electrons. The molecule has 0 amide bonds. The molecular formula is C20H19O3PS2. The molecule has 0 aliphatic carbocycles. The van der Waals surface area contributed by atoms with Crippen LogP contribution in [-0.2, 0) is 4.52 Å². The molecule has 6 heteroatoms. The first kappa shape index (κ1) is 17.7. The van der Waals surface area contributed by atoms with Crippen LogP contribution in [-0.4, -0.2) is 7.11 Å². The Labute approximate surface area is 161 Å². The average Bonchev–Trinajstić information content (AvgIpc) is 2.99. The second-order valence-electron chi connectivity index (χ2n) is 5.87. The summed E-state index contributed by atoms with van der Waals surface area (Å²) in [5.74, 6) is 1.44. The summed E-state index contributed by atoms with van der Waals surface area (Å²) in [7, 11) is 1.67. The maximum absolute atomic E-state index is 6.48. The Hall–Kier alpha value is -1.65. The van der Waals surface area contributed by atoms with Crippen LogP contribution in [0.4, 0.5) is 0 Å². The van der Waals surface area contributed by atoms with Gasteiger partial charge in [-0.25, -0.2) is 0 Å². The van der Waals surface area contributed by atoms with Crippen LogP contribution < -0.4 is 9.05 Å². The molecule has 0 bridgehead atoms. The minimum atomic E-state index is -3.62. The third kappa shape index (κ3) is 3.33. The first-order valence-corrected chi connectivity index (χ1v) is 13.0. The normalized spacial score (nSPS) is 18.0. The van der Waals surface area contributed by atoms with Gasteiger partial charge >= 0.3 is 162 Å². The van der Waals surface area contributed by atoms with Gasteiger partial charge in [0.1, 0.15) is 0 Å². The topological polar surface area (TPSA) is 27.7 Å². The molecule has 1 heterocycles. The van der Waals surface area contributed by atoms with E-state index in [1.807, 2.05) is 54.6 Å². The van der Waals surface area contributed by atoms with Crippen LogP contribution in [0.5, 0.6) is 11.5 Å². The van der Waals surface area contributed by atoms with E-state index in [9.17, 15) is 0 Å². The van der Waals surface area contributed by atoms with Crippen molar-refractivity contribution in [2.45, 2.75) is 16.7 Å². The van der Waals surface area contributed by atoms with E-state index in [0.717, 1.165) is 21.3 Å². The third-order valence-corrected chi connectivity index (χ3v) is 13.2. The summed E-state index contributed by atoms with van der Waals surface area (Å²) in [4.78, 5) is 2.09. The van der Waals surface area contributed by atoms with E-state index in [-0.39, 0.29) is 0 Å². The third-order valence-electron chi connectivity index (χ3n) is 3.92. The van der Waals surface area contributed by atoms with Crippen molar-refractivity contribution < 1.29 is 13.6 Å². The number of hydrogen-bond acceptors (Lipinski definition) is 5. The molecule has 3 aromatic carbocycles. The van der Waals surface area contributed by atoms with Crippen molar-refractivity contribution in [3.05, 3.63) is 84.4 Å². The van der Waals surface area contributed by atoms with Gasteiger partial charge in [0, 0.05) is 0 Å². The summed E-state index contributed by atoms with van der Waals surface area (Å²) in [6.45, 7) is 2.07. The number of aryl methyl sites for hydroxylation is 1. The van der Waals surface area contributed by atoms with Gasteiger partial charge in [-0.05, 0) is 0 Å². The maximum atomic E-state index is 6.48. The second-order valence-corrected chi connectivity index (χ2v) is 15.0. The van der Waals surface area contributed by atoms with Crippen LogP contribution in [0.25, 0.3) is 0 Å². The molecule has 26 heavy (non-hydrogen) atoms. The van der Waals surface area contributed by atoms with Gasteiger partial charge in [-0.1, -0.05) is 0 Å². The molecule has 134 valence electrons. The first-order chi connectivity index (χ1) is 12.6. The molecule has 4 rings (SSSR count). The SMILES string of the molecule is COP1(Sc2ccccc2)(Sc2ccc(C)cc2)Oc2ccccc2O1. The molecule has 0 aromatic heterocycles. The van der Waals surface area contributed by atoms with Gasteiger partial charge in [-0.3, -0.25) is 0 Å². The predicted molar refractivity (Wildman–Crippen MR) is 111 cm³/mol. The Balaban J connectivity index is 1.79. The van der Waals surface area contributed by atoms with Gasteiger partial charge < -0.3 is 0 Å². The van der Waals surface area contributed by atoms with E-state index in [4.69, 9.17) is 13.6 Å². The number of para-hydroxylation sites is 2. The fourth-order valence-electron chi connectivity index (χ4n) is 2.61. The van der Waals surface area contributed by atoms with Crippen molar-refractivity contribution in [1.29, 1.82) is 0 Å². The number of rotatable bonds is 5. The van der Waals surface area contributed by atoms with Crippen LogP contribution in [0.1, 0.15) is 5.56 Å². The van der Waals surface area contributed by atoms with Crippen LogP contribution in [0.3, 0.4) is 0 Å². The van der Waals surface area contributed by atoms with E-state index >= 15 is 0 Å². The molecular weight excluding hydrogens is 383 g/mol. The summed E-state index contributed by atoms with van der Waals surface area (Å²) in [6.07, 6.45) is 0. The van der Waals surface area contributed by atoms with Crippen LogP contribution >= 0.6 is 28.5 Å². The average molecular weight is 402 g/mol. The monoisotopic (exact) mass is 402 g/mol. The van der Waals surface area contributed by atoms with Gasteiger partial charge in [0.05, 0.1) is 0 Å². The van der Waals surface area contributed by atoms with Crippen LogP contribution in [0.15, 0.2) is 88.7 Å². The quantitative estimate of drug-likeness (QED) is 0.423. The standard InChI is InChI=1S/C20H19O3PS2/c1-16-12-14-18(15-13-16)26-24(21-2,25-17-8-4-3-5-9-17)22-19-10-6-7-11-20(19)23-24/h3-15H,1-2H3. The molecule has 3 aromatic rings. The van der Waals surface area contributed by atoms with E-state index in [0.29, 0.717) is 0 Å². The summed E-state index contributed by atoms with van der Waals surface area (Å²) in [6, 6.07) is 26.1. The molecule has 1 aliphatic rings. The summed E-state index contributed by atoms with van der Waals surface area (Å²) in [5.41, 5.74) is -2.41. The zero-order chi connectivity index (χ0) is 18.1. The predicted octanol–water partition coefficient (Wildman–Crippen LogP) is 7.13. The van der Waals surface area contributed by atoms with E-state index in [2.05, 4.69) is 31.2 Å². The Morgan fingerprint density at radius 2 is 1.19 bits per heavy atom. The number of hydrogen-bond donors (Lipinski definition) is 0. The number of benzene rings is 3. The molecule has 0 saturated heterocycles. The van der Waals surface area contributed by atoms with Crippen molar-refractivity contribution in [2.75, 3.05) is 7.11 Å². The van der Waals surface area contributed by atoms with Gasteiger partial charge in [-0.2, -0.15) is 0 Å². The molecule has 0 unspecified atom stereocenters. The summed E-state index contributed by atoms with van der Waals surface area (Å²) >= 11 is 3.06.